The maximum absolute atomic E-state index is 12.4. The zero-order valence-electron chi connectivity index (χ0n) is 11.9. The molecule has 0 saturated heterocycles. The minimum atomic E-state index is -0.574. The van der Waals surface area contributed by atoms with Crippen LogP contribution in [0.15, 0.2) is 36.4 Å². The molecule has 0 fully saturated rings. The third-order valence-electron chi connectivity index (χ3n) is 3.18. The second kappa shape index (κ2) is 7.17. The van der Waals surface area contributed by atoms with Crippen molar-refractivity contribution >= 4 is 46.4 Å². The van der Waals surface area contributed by atoms with Gasteiger partial charge in [0.05, 0.1) is 25.6 Å². The number of benzene rings is 2. The summed E-state index contributed by atoms with van der Waals surface area (Å²) in [5, 5.41) is 11.5. The van der Waals surface area contributed by atoms with Gasteiger partial charge in [-0.1, -0.05) is 46.9 Å². The molecule has 0 aromatic heterocycles. The van der Waals surface area contributed by atoms with Gasteiger partial charge in [-0.15, -0.1) is 0 Å². The van der Waals surface area contributed by atoms with Crippen LogP contribution in [0.5, 0.6) is 0 Å². The van der Waals surface area contributed by atoms with E-state index in [0.29, 0.717) is 15.6 Å². The number of carbonyl (C=O) groups is 1. The molecule has 0 saturated carbocycles. The number of halogens is 3. The molecule has 0 aliphatic rings. The van der Waals surface area contributed by atoms with E-state index in [9.17, 15) is 14.9 Å². The monoisotopic (exact) mass is 372 g/mol. The number of nitro groups is 1. The lowest BCUT2D eigenvalue weighted by Gasteiger charge is -2.19. The predicted octanol–water partition coefficient (Wildman–Crippen LogP) is 4.83. The van der Waals surface area contributed by atoms with E-state index in [0.717, 1.165) is 6.07 Å². The van der Waals surface area contributed by atoms with Gasteiger partial charge in [-0.2, -0.15) is 0 Å². The molecule has 0 N–H and O–H groups in total. The number of carbonyl (C=O) groups excluding carboxylic acids is 1. The molecular weight excluding hydrogens is 363 g/mol. The summed E-state index contributed by atoms with van der Waals surface area (Å²) >= 11 is 18.0. The first kappa shape index (κ1) is 17.5. The molecule has 0 bridgehead atoms. The van der Waals surface area contributed by atoms with Crippen LogP contribution in [0.25, 0.3) is 0 Å². The van der Waals surface area contributed by atoms with E-state index in [2.05, 4.69) is 0 Å². The second-order valence-electron chi connectivity index (χ2n) is 4.80. The van der Waals surface area contributed by atoms with Gasteiger partial charge in [0.1, 0.15) is 0 Å². The maximum atomic E-state index is 12.4. The SMILES string of the molecule is CN(Cc1cccc(Cl)c1Cl)C(=O)c1ccc([N+](=O)[O-])cc1Cl. The Labute approximate surface area is 147 Å². The lowest BCUT2D eigenvalue weighted by atomic mass is 10.1. The van der Waals surface area contributed by atoms with Crippen LogP contribution in [0, 0.1) is 10.1 Å². The largest absolute Gasteiger partial charge is 0.337 e. The number of rotatable bonds is 4. The van der Waals surface area contributed by atoms with Crippen molar-refractivity contribution in [2.24, 2.45) is 0 Å². The number of amides is 1. The Morgan fingerprint density at radius 3 is 2.48 bits per heavy atom. The van der Waals surface area contributed by atoms with E-state index < -0.39 is 4.92 Å². The minimum Gasteiger partial charge on any atom is -0.337 e. The molecule has 0 spiro atoms. The molecule has 0 unspecified atom stereocenters. The third-order valence-corrected chi connectivity index (χ3v) is 4.35. The van der Waals surface area contributed by atoms with Crippen LogP contribution in [-0.4, -0.2) is 22.8 Å². The predicted molar refractivity (Wildman–Crippen MR) is 90.4 cm³/mol. The standard InChI is InChI=1S/C15H11Cl3N2O3/c1-19(8-9-3-2-4-12(16)14(9)18)15(21)11-6-5-10(20(22)23)7-13(11)17/h2-7H,8H2,1H3. The molecular formula is C15H11Cl3N2O3. The van der Waals surface area contributed by atoms with Crippen LogP contribution in [0.3, 0.4) is 0 Å². The summed E-state index contributed by atoms with van der Waals surface area (Å²) < 4.78 is 0. The summed E-state index contributed by atoms with van der Waals surface area (Å²) in [5.41, 5.74) is 0.693. The minimum absolute atomic E-state index is 0.0215. The van der Waals surface area contributed by atoms with Gasteiger partial charge < -0.3 is 4.90 Å². The van der Waals surface area contributed by atoms with Crippen LogP contribution in [-0.2, 0) is 6.54 Å². The second-order valence-corrected chi connectivity index (χ2v) is 5.99. The van der Waals surface area contributed by atoms with Crippen molar-refractivity contribution in [2.45, 2.75) is 6.54 Å². The first-order valence-electron chi connectivity index (χ1n) is 6.43. The number of nitrogens with zero attached hydrogens (tertiary/aromatic N) is 2. The zero-order chi connectivity index (χ0) is 17.1. The summed E-state index contributed by atoms with van der Waals surface area (Å²) in [5.74, 6) is -0.374. The van der Waals surface area contributed by atoms with E-state index in [4.69, 9.17) is 34.8 Å². The number of hydrogen-bond donors (Lipinski definition) is 0. The Kier molecular flexibility index (Phi) is 5.46. The Morgan fingerprint density at radius 1 is 1.17 bits per heavy atom. The van der Waals surface area contributed by atoms with Gasteiger partial charge in [-0.3, -0.25) is 14.9 Å². The highest BCUT2D eigenvalue weighted by Gasteiger charge is 2.19. The maximum Gasteiger partial charge on any atom is 0.270 e. The Bertz CT molecular complexity index is 781. The van der Waals surface area contributed by atoms with E-state index >= 15 is 0 Å². The molecule has 2 aromatic rings. The summed E-state index contributed by atoms with van der Waals surface area (Å²) in [6, 6.07) is 8.87. The first-order valence-corrected chi connectivity index (χ1v) is 7.57. The molecule has 0 aliphatic carbocycles. The van der Waals surface area contributed by atoms with Crippen molar-refractivity contribution in [3.63, 3.8) is 0 Å². The molecule has 1 amide bonds. The van der Waals surface area contributed by atoms with Gasteiger partial charge in [0.25, 0.3) is 11.6 Å². The van der Waals surface area contributed by atoms with Crippen molar-refractivity contribution in [3.05, 3.63) is 72.7 Å². The summed E-state index contributed by atoms with van der Waals surface area (Å²) in [4.78, 5) is 24.0. The Balaban J connectivity index is 2.23. The smallest absolute Gasteiger partial charge is 0.270 e. The molecule has 0 radical (unpaired) electrons. The molecule has 23 heavy (non-hydrogen) atoms. The van der Waals surface area contributed by atoms with Crippen molar-refractivity contribution in [1.82, 2.24) is 4.90 Å². The average Bonchev–Trinajstić information content (AvgIpc) is 2.50. The number of non-ortho nitro benzene ring substituents is 1. The van der Waals surface area contributed by atoms with Crippen molar-refractivity contribution in [1.29, 1.82) is 0 Å². The molecule has 0 atom stereocenters. The third kappa shape index (κ3) is 3.93. The fourth-order valence-electron chi connectivity index (χ4n) is 1.99. The summed E-state index contributed by atoms with van der Waals surface area (Å²) in [7, 11) is 1.58. The van der Waals surface area contributed by atoms with Gasteiger partial charge in [-0.05, 0) is 17.7 Å². The van der Waals surface area contributed by atoms with Crippen molar-refractivity contribution < 1.29 is 9.72 Å². The lowest BCUT2D eigenvalue weighted by Crippen LogP contribution is -2.26. The van der Waals surface area contributed by atoms with Gasteiger partial charge in [0.2, 0.25) is 0 Å². The lowest BCUT2D eigenvalue weighted by molar-refractivity contribution is -0.384. The molecule has 2 aromatic carbocycles. The average molecular weight is 374 g/mol. The summed E-state index contributed by atoms with van der Waals surface area (Å²) in [6.07, 6.45) is 0. The Morgan fingerprint density at radius 2 is 1.87 bits per heavy atom. The van der Waals surface area contributed by atoms with Gasteiger partial charge in [0, 0.05) is 25.7 Å². The molecule has 5 nitrogen and oxygen atoms in total. The van der Waals surface area contributed by atoms with Crippen LogP contribution in [0.1, 0.15) is 15.9 Å². The van der Waals surface area contributed by atoms with E-state index in [1.165, 1.54) is 17.0 Å². The van der Waals surface area contributed by atoms with Crippen LogP contribution in [0.4, 0.5) is 5.69 Å². The van der Waals surface area contributed by atoms with E-state index in [1.54, 1.807) is 25.2 Å². The summed E-state index contributed by atoms with van der Waals surface area (Å²) in [6.45, 7) is 0.228. The fraction of sp³-hybridized carbons (Fsp3) is 0.133. The fourth-order valence-corrected chi connectivity index (χ4v) is 2.63. The molecule has 2 rings (SSSR count). The topological polar surface area (TPSA) is 63.5 Å². The Hall–Kier alpha value is -1.82. The number of nitro benzene ring substituents is 1. The normalized spacial score (nSPS) is 10.4. The van der Waals surface area contributed by atoms with Crippen molar-refractivity contribution in [3.8, 4) is 0 Å². The van der Waals surface area contributed by atoms with Crippen LogP contribution >= 0.6 is 34.8 Å². The van der Waals surface area contributed by atoms with Gasteiger partial charge in [0.15, 0.2) is 0 Å². The quantitative estimate of drug-likeness (QED) is 0.569. The van der Waals surface area contributed by atoms with Crippen molar-refractivity contribution in [2.75, 3.05) is 7.05 Å². The molecule has 8 heteroatoms. The molecule has 0 heterocycles. The van der Waals surface area contributed by atoms with Gasteiger partial charge in [-0.25, -0.2) is 0 Å². The van der Waals surface area contributed by atoms with Crippen LogP contribution < -0.4 is 0 Å². The number of hydrogen-bond acceptors (Lipinski definition) is 3. The molecule has 0 aliphatic heterocycles. The van der Waals surface area contributed by atoms with Crippen LogP contribution in [0.2, 0.25) is 15.1 Å². The first-order chi connectivity index (χ1) is 10.8. The zero-order valence-corrected chi connectivity index (χ0v) is 14.2. The van der Waals surface area contributed by atoms with Gasteiger partial charge >= 0.3 is 0 Å². The van der Waals surface area contributed by atoms with E-state index in [1.807, 2.05) is 0 Å². The molecule has 120 valence electrons. The highest BCUT2D eigenvalue weighted by molar-refractivity contribution is 6.42. The highest BCUT2D eigenvalue weighted by Crippen LogP contribution is 2.28. The van der Waals surface area contributed by atoms with E-state index in [-0.39, 0.29) is 28.7 Å². The highest BCUT2D eigenvalue weighted by atomic mass is 35.5.